The number of aliphatic hydroxyl groups excluding tert-OH is 1. The van der Waals surface area contributed by atoms with Crippen LogP contribution in [0.1, 0.15) is 31.9 Å². The molecule has 1 N–H and O–H groups in total. The molecule has 0 unspecified atom stereocenters. The van der Waals surface area contributed by atoms with Crippen LogP contribution in [0.15, 0.2) is 18.3 Å². The minimum absolute atomic E-state index is 0.386. The summed E-state index contributed by atoms with van der Waals surface area (Å²) in [5.74, 6) is 0.944. The molecule has 0 bridgehead atoms. The molecule has 78 valence electrons. The van der Waals surface area contributed by atoms with Gasteiger partial charge >= 0.3 is 0 Å². The van der Waals surface area contributed by atoms with Crippen molar-refractivity contribution >= 4 is 5.82 Å². The minimum atomic E-state index is -0.386. The molecule has 0 radical (unpaired) electrons. The molecule has 1 aromatic heterocycles. The van der Waals surface area contributed by atoms with Gasteiger partial charge in [0.25, 0.3) is 0 Å². The van der Waals surface area contributed by atoms with Gasteiger partial charge in [0.15, 0.2) is 0 Å². The molecule has 0 aliphatic rings. The Morgan fingerprint density at radius 1 is 1.43 bits per heavy atom. The van der Waals surface area contributed by atoms with Gasteiger partial charge in [-0.3, -0.25) is 0 Å². The lowest BCUT2D eigenvalue weighted by Gasteiger charge is -2.16. The van der Waals surface area contributed by atoms with Crippen LogP contribution in [0.3, 0.4) is 0 Å². The van der Waals surface area contributed by atoms with Crippen LogP contribution in [-0.2, 0) is 0 Å². The Hall–Kier alpha value is -1.09. The maximum Gasteiger partial charge on any atom is 0.128 e. The summed E-state index contributed by atoms with van der Waals surface area (Å²) >= 11 is 0. The smallest absolute Gasteiger partial charge is 0.128 e. The topological polar surface area (TPSA) is 36.4 Å². The van der Waals surface area contributed by atoms with Gasteiger partial charge in [0.1, 0.15) is 5.82 Å². The van der Waals surface area contributed by atoms with E-state index in [0.29, 0.717) is 0 Å². The molecule has 0 aromatic carbocycles. The van der Waals surface area contributed by atoms with Gasteiger partial charge in [0.2, 0.25) is 0 Å². The third-order valence-electron chi connectivity index (χ3n) is 2.41. The zero-order chi connectivity index (χ0) is 10.6. The molecule has 0 saturated carbocycles. The van der Waals surface area contributed by atoms with Gasteiger partial charge in [0, 0.05) is 19.8 Å². The highest BCUT2D eigenvalue weighted by atomic mass is 16.3. The lowest BCUT2D eigenvalue weighted by Crippen LogP contribution is -2.17. The average molecular weight is 194 g/mol. The summed E-state index contributed by atoms with van der Waals surface area (Å²) < 4.78 is 0. The summed E-state index contributed by atoms with van der Waals surface area (Å²) in [5, 5.41) is 9.56. The number of pyridine rings is 1. The monoisotopic (exact) mass is 194 g/mol. The van der Waals surface area contributed by atoms with Crippen LogP contribution in [0.5, 0.6) is 0 Å². The number of nitrogens with zero attached hydrogens (tertiary/aromatic N) is 2. The lowest BCUT2D eigenvalue weighted by atomic mass is 10.1. The van der Waals surface area contributed by atoms with Crippen molar-refractivity contribution in [1.82, 2.24) is 4.98 Å². The molecule has 0 aliphatic heterocycles. The second kappa shape index (κ2) is 4.96. The number of aliphatic hydroxyl groups is 1. The third kappa shape index (κ3) is 2.45. The first kappa shape index (κ1) is 11.0. The van der Waals surface area contributed by atoms with Crippen molar-refractivity contribution in [2.75, 3.05) is 18.5 Å². The number of aromatic nitrogens is 1. The predicted octanol–water partition coefficient (Wildman–Crippen LogP) is 1.98. The summed E-state index contributed by atoms with van der Waals surface area (Å²) in [5.41, 5.74) is 0.890. The van der Waals surface area contributed by atoms with Crippen LogP contribution in [-0.4, -0.2) is 23.7 Å². The minimum Gasteiger partial charge on any atom is -0.388 e. The molecular formula is C11H18N2O. The van der Waals surface area contributed by atoms with E-state index < -0.39 is 0 Å². The summed E-state index contributed by atoms with van der Waals surface area (Å²) in [6, 6.07) is 3.88. The van der Waals surface area contributed by atoms with E-state index in [1.54, 1.807) is 6.20 Å². The molecule has 14 heavy (non-hydrogen) atoms. The van der Waals surface area contributed by atoms with E-state index in [1.807, 2.05) is 26.1 Å². The van der Waals surface area contributed by atoms with E-state index in [4.69, 9.17) is 0 Å². The molecule has 0 spiro atoms. The maximum atomic E-state index is 9.56. The van der Waals surface area contributed by atoms with Gasteiger partial charge in [-0.1, -0.05) is 13.0 Å². The van der Waals surface area contributed by atoms with Crippen molar-refractivity contribution in [2.24, 2.45) is 0 Å². The first-order valence-corrected chi connectivity index (χ1v) is 5.04. The van der Waals surface area contributed by atoms with Crippen molar-refractivity contribution in [3.63, 3.8) is 0 Å². The van der Waals surface area contributed by atoms with E-state index in [-0.39, 0.29) is 6.10 Å². The molecular weight excluding hydrogens is 176 g/mol. The van der Waals surface area contributed by atoms with E-state index in [2.05, 4.69) is 16.8 Å². The Kier molecular flexibility index (Phi) is 3.89. The van der Waals surface area contributed by atoms with Gasteiger partial charge in [0.05, 0.1) is 6.10 Å². The SMILES string of the molecule is CC[C@H](O)c1ccc(N(C)CC)nc1. The molecule has 0 amide bonds. The van der Waals surface area contributed by atoms with Crippen LogP contribution < -0.4 is 4.90 Å². The molecule has 1 heterocycles. The molecule has 1 rings (SSSR count). The third-order valence-corrected chi connectivity index (χ3v) is 2.41. The van der Waals surface area contributed by atoms with Gasteiger partial charge in [-0.2, -0.15) is 0 Å². The average Bonchev–Trinajstić information content (AvgIpc) is 2.27. The number of anilines is 1. The predicted molar refractivity (Wildman–Crippen MR) is 58.4 cm³/mol. The van der Waals surface area contributed by atoms with E-state index in [1.165, 1.54) is 0 Å². The van der Waals surface area contributed by atoms with Crippen molar-refractivity contribution in [3.8, 4) is 0 Å². The highest BCUT2D eigenvalue weighted by Crippen LogP contribution is 2.17. The number of hydrogen-bond acceptors (Lipinski definition) is 3. The first-order chi connectivity index (χ1) is 6.69. The molecule has 3 nitrogen and oxygen atoms in total. The van der Waals surface area contributed by atoms with Crippen molar-refractivity contribution in [2.45, 2.75) is 26.4 Å². The number of hydrogen-bond donors (Lipinski definition) is 1. The van der Waals surface area contributed by atoms with Gasteiger partial charge in [-0.25, -0.2) is 4.98 Å². The maximum absolute atomic E-state index is 9.56. The largest absolute Gasteiger partial charge is 0.388 e. The van der Waals surface area contributed by atoms with Gasteiger partial charge in [-0.05, 0) is 25.0 Å². The number of rotatable bonds is 4. The van der Waals surface area contributed by atoms with Crippen LogP contribution in [0.2, 0.25) is 0 Å². The second-order valence-electron chi connectivity index (χ2n) is 3.39. The van der Waals surface area contributed by atoms with Crippen LogP contribution in [0.25, 0.3) is 0 Å². The molecule has 0 saturated heterocycles. The summed E-state index contributed by atoms with van der Waals surface area (Å²) in [4.78, 5) is 6.34. The second-order valence-corrected chi connectivity index (χ2v) is 3.39. The van der Waals surface area contributed by atoms with Gasteiger partial charge in [-0.15, -0.1) is 0 Å². The fourth-order valence-corrected chi connectivity index (χ4v) is 1.22. The Morgan fingerprint density at radius 2 is 2.14 bits per heavy atom. The normalized spacial score (nSPS) is 12.6. The van der Waals surface area contributed by atoms with E-state index >= 15 is 0 Å². The quantitative estimate of drug-likeness (QED) is 0.796. The van der Waals surface area contributed by atoms with Crippen LogP contribution in [0, 0.1) is 0 Å². The zero-order valence-corrected chi connectivity index (χ0v) is 9.07. The summed E-state index contributed by atoms with van der Waals surface area (Å²) in [6.07, 6.45) is 2.09. The van der Waals surface area contributed by atoms with E-state index in [9.17, 15) is 5.11 Å². The molecule has 0 fully saturated rings. The van der Waals surface area contributed by atoms with Gasteiger partial charge < -0.3 is 10.0 Å². The molecule has 0 aliphatic carbocycles. The summed E-state index contributed by atoms with van der Waals surface area (Å²) in [6.45, 7) is 4.97. The molecule has 3 heteroatoms. The lowest BCUT2D eigenvalue weighted by molar-refractivity contribution is 0.173. The summed E-state index contributed by atoms with van der Waals surface area (Å²) in [7, 11) is 2.00. The fraction of sp³-hybridized carbons (Fsp3) is 0.545. The first-order valence-electron chi connectivity index (χ1n) is 5.04. The van der Waals surface area contributed by atoms with E-state index in [0.717, 1.165) is 24.3 Å². The van der Waals surface area contributed by atoms with Crippen molar-refractivity contribution in [3.05, 3.63) is 23.9 Å². The Bertz CT molecular complexity index is 242. The fourth-order valence-electron chi connectivity index (χ4n) is 1.22. The zero-order valence-electron chi connectivity index (χ0n) is 9.07. The Morgan fingerprint density at radius 3 is 2.57 bits per heavy atom. The molecule has 1 atom stereocenters. The standard InChI is InChI=1S/C11H18N2O/c1-4-10(14)9-6-7-11(12-8-9)13(3)5-2/h6-8,10,14H,4-5H2,1-3H3/t10-/m0/s1. The molecule has 1 aromatic rings. The van der Waals surface area contributed by atoms with Crippen molar-refractivity contribution in [1.29, 1.82) is 0 Å². The highest BCUT2D eigenvalue weighted by molar-refractivity contribution is 5.38. The highest BCUT2D eigenvalue weighted by Gasteiger charge is 2.05. The van der Waals surface area contributed by atoms with Crippen molar-refractivity contribution < 1.29 is 5.11 Å². The van der Waals surface area contributed by atoms with Crippen LogP contribution >= 0.6 is 0 Å². The Labute approximate surface area is 85.4 Å². The van der Waals surface area contributed by atoms with Crippen LogP contribution in [0.4, 0.5) is 5.82 Å². The Balaban J connectivity index is 2.78.